The topological polar surface area (TPSA) is 104 Å². The van der Waals surface area contributed by atoms with Gasteiger partial charge in [-0.2, -0.15) is 0 Å². The van der Waals surface area contributed by atoms with Gasteiger partial charge in [0.05, 0.1) is 36.1 Å². The van der Waals surface area contributed by atoms with Crippen LogP contribution >= 0.6 is 0 Å². The van der Waals surface area contributed by atoms with Crippen LogP contribution in [-0.4, -0.2) is 52.8 Å². The summed E-state index contributed by atoms with van der Waals surface area (Å²) in [7, 11) is 0. The van der Waals surface area contributed by atoms with Gasteiger partial charge in [-0.15, -0.1) is 0 Å². The summed E-state index contributed by atoms with van der Waals surface area (Å²) in [6, 6.07) is 9.61. The molecule has 1 amide bonds. The molecule has 3 N–H and O–H groups in total. The smallest absolute Gasteiger partial charge is 0.251 e. The second kappa shape index (κ2) is 13.0. The van der Waals surface area contributed by atoms with Crippen molar-refractivity contribution in [2.45, 2.75) is 51.2 Å². The molecule has 0 spiro atoms. The third-order valence-electron chi connectivity index (χ3n) is 7.25. The molecule has 4 aromatic rings. The van der Waals surface area contributed by atoms with Crippen LogP contribution in [-0.2, 0) is 12.8 Å². The number of aromatic amines is 1. The second-order valence-electron chi connectivity index (χ2n) is 10.3. The molecule has 216 valence electrons. The van der Waals surface area contributed by atoms with Gasteiger partial charge in [-0.1, -0.05) is 13.3 Å². The van der Waals surface area contributed by atoms with Crippen molar-refractivity contribution in [3.63, 3.8) is 0 Å². The van der Waals surface area contributed by atoms with Crippen LogP contribution in [0.4, 0.5) is 14.5 Å². The monoisotopic (exact) mass is 564 g/mol. The van der Waals surface area contributed by atoms with Crippen molar-refractivity contribution < 1.29 is 27.8 Å². The van der Waals surface area contributed by atoms with Gasteiger partial charge in [-0.05, 0) is 67.6 Å². The molecular formula is C31H34F2N4O4. The third-order valence-corrected chi connectivity index (χ3v) is 7.25. The number of nitrogens with zero attached hydrogens (tertiary/aromatic N) is 2. The molecule has 1 aliphatic rings. The number of rotatable bonds is 12. The first-order valence-electron chi connectivity index (χ1n) is 13.9. The number of oxazole rings is 1. The Bertz CT molecular complexity index is 1420. The molecular weight excluding hydrogens is 530 g/mol. The molecule has 3 heterocycles. The summed E-state index contributed by atoms with van der Waals surface area (Å²) >= 11 is 0. The number of hydrogen-bond donors (Lipinski definition) is 3. The van der Waals surface area contributed by atoms with Crippen LogP contribution in [0, 0.1) is 11.6 Å². The molecule has 2 aromatic heterocycles. The summed E-state index contributed by atoms with van der Waals surface area (Å²) in [5.41, 5.74) is 2.91. The van der Waals surface area contributed by atoms with Gasteiger partial charge in [0.2, 0.25) is 5.89 Å². The second-order valence-corrected chi connectivity index (χ2v) is 10.3. The first-order valence-corrected chi connectivity index (χ1v) is 13.9. The molecule has 2 aromatic carbocycles. The van der Waals surface area contributed by atoms with Gasteiger partial charge in [0.25, 0.3) is 5.91 Å². The molecule has 0 saturated heterocycles. The Morgan fingerprint density at radius 2 is 2.05 bits per heavy atom. The number of anilines is 1. The van der Waals surface area contributed by atoms with E-state index in [2.05, 4.69) is 27.1 Å². The minimum Gasteiger partial charge on any atom is -0.489 e. The number of carbonyl (C=O) groups is 1. The Morgan fingerprint density at radius 1 is 1.22 bits per heavy atom. The summed E-state index contributed by atoms with van der Waals surface area (Å²) in [6.07, 6.45) is 6.69. The number of carbonyl (C=O) groups excluding carboxylic acids is 1. The number of fused-ring (bicyclic) bond motifs is 1. The average Bonchev–Trinajstić information content (AvgIpc) is 3.68. The predicted octanol–water partition coefficient (Wildman–Crippen LogP) is 5.28. The Kier molecular flexibility index (Phi) is 8.98. The number of amides is 1. The Balaban J connectivity index is 1.45. The van der Waals surface area contributed by atoms with Crippen LogP contribution in [0.25, 0.3) is 11.5 Å². The van der Waals surface area contributed by atoms with Crippen molar-refractivity contribution in [3.8, 4) is 17.2 Å². The van der Waals surface area contributed by atoms with E-state index in [1.54, 1.807) is 18.3 Å². The Morgan fingerprint density at radius 3 is 2.76 bits per heavy atom. The van der Waals surface area contributed by atoms with E-state index >= 15 is 0 Å². The van der Waals surface area contributed by atoms with Gasteiger partial charge in [-0.25, -0.2) is 13.8 Å². The van der Waals surface area contributed by atoms with Gasteiger partial charge < -0.3 is 29.5 Å². The zero-order valence-electron chi connectivity index (χ0n) is 22.9. The molecule has 0 bridgehead atoms. The van der Waals surface area contributed by atoms with Crippen molar-refractivity contribution >= 4 is 11.6 Å². The van der Waals surface area contributed by atoms with Crippen molar-refractivity contribution in [1.29, 1.82) is 0 Å². The van der Waals surface area contributed by atoms with Gasteiger partial charge in [0, 0.05) is 30.1 Å². The standard InChI is InChI=1S/C31H34F2N4O4/c1-2-3-10-37-11-13-40-29-25(31-35-9-12-41-31)17-21(18-27(29)37)30(39)36-26(16-20-14-22(32)19-23(33)15-20)28(38)7-6-24-5-4-8-34-24/h4-5,8-9,12,14-15,17-19,26,28,34,38H,2-3,6-7,10-11,13,16H2,1H3,(H,36,39). The van der Waals surface area contributed by atoms with E-state index < -0.39 is 29.7 Å². The quantitative estimate of drug-likeness (QED) is 0.216. The zero-order valence-corrected chi connectivity index (χ0v) is 22.9. The molecule has 8 nitrogen and oxygen atoms in total. The Labute approximate surface area is 237 Å². The summed E-state index contributed by atoms with van der Waals surface area (Å²) in [4.78, 5) is 23.3. The SMILES string of the molecule is CCCCN1CCOc2c(-c3ncco3)cc(C(=O)NC(Cc3cc(F)cc(F)c3)C(O)CCc3ccc[nH]3)cc21. The zero-order chi connectivity index (χ0) is 28.8. The minimum atomic E-state index is -0.984. The average molecular weight is 565 g/mol. The largest absolute Gasteiger partial charge is 0.489 e. The molecule has 41 heavy (non-hydrogen) atoms. The highest BCUT2D eigenvalue weighted by Crippen LogP contribution is 2.41. The highest BCUT2D eigenvalue weighted by Gasteiger charge is 2.28. The van der Waals surface area contributed by atoms with Gasteiger partial charge in [0.1, 0.15) is 24.5 Å². The van der Waals surface area contributed by atoms with E-state index in [-0.39, 0.29) is 6.42 Å². The first-order chi connectivity index (χ1) is 19.9. The number of benzene rings is 2. The lowest BCUT2D eigenvalue weighted by atomic mass is 9.96. The lowest BCUT2D eigenvalue weighted by Gasteiger charge is -2.33. The minimum absolute atomic E-state index is 0.0373. The molecule has 5 rings (SSSR count). The van der Waals surface area contributed by atoms with E-state index in [1.165, 1.54) is 24.6 Å². The Hall–Kier alpha value is -4.18. The molecule has 0 fully saturated rings. The first kappa shape index (κ1) is 28.4. The van der Waals surface area contributed by atoms with E-state index in [1.807, 2.05) is 12.1 Å². The van der Waals surface area contributed by atoms with Crippen LogP contribution in [0.15, 0.2) is 65.5 Å². The number of hydrogen-bond acceptors (Lipinski definition) is 6. The third kappa shape index (κ3) is 6.94. The summed E-state index contributed by atoms with van der Waals surface area (Å²) in [5.74, 6) is -0.954. The number of ether oxygens (including phenoxy) is 1. The normalized spacial score (nSPS) is 14.3. The van der Waals surface area contributed by atoms with E-state index in [0.29, 0.717) is 54.3 Å². The summed E-state index contributed by atoms with van der Waals surface area (Å²) in [5, 5.41) is 14.1. The number of aliphatic hydroxyl groups is 1. The maximum atomic E-state index is 14.0. The fourth-order valence-corrected chi connectivity index (χ4v) is 5.15. The predicted molar refractivity (Wildman–Crippen MR) is 151 cm³/mol. The van der Waals surface area contributed by atoms with Gasteiger partial charge >= 0.3 is 0 Å². The van der Waals surface area contributed by atoms with Gasteiger partial charge in [0.15, 0.2) is 5.75 Å². The fourth-order valence-electron chi connectivity index (χ4n) is 5.15. The summed E-state index contributed by atoms with van der Waals surface area (Å²) in [6.45, 7) is 4.09. The lowest BCUT2D eigenvalue weighted by molar-refractivity contribution is 0.0814. The maximum Gasteiger partial charge on any atom is 0.251 e. The van der Waals surface area contributed by atoms with Crippen molar-refractivity contribution in [2.24, 2.45) is 0 Å². The molecule has 10 heteroatoms. The van der Waals surface area contributed by atoms with E-state index in [0.717, 1.165) is 36.8 Å². The van der Waals surface area contributed by atoms with Crippen LogP contribution in [0.3, 0.4) is 0 Å². The number of aromatic nitrogens is 2. The molecule has 0 radical (unpaired) electrons. The van der Waals surface area contributed by atoms with E-state index in [9.17, 15) is 18.7 Å². The van der Waals surface area contributed by atoms with Crippen LogP contribution < -0.4 is 15.0 Å². The molecule has 0 saturated carbocycles. The number of halogens is 2. The number of aryl methyl sites for hydroxylation is 1. The number of H-pyrrole nitrogens is 1. The lowest BCUT2D eigenvalue weighted by Crippen LogP contribution is -2.45. The number of aliphatic hydroxyl groups excluding tert-OH is 1. The number of unbranched alkanes of at least 4 members (excludes halogenated alkanes) is 1. The van der Waals surface area contributed by atoms with Crippen LogP contribution in [0.1, 0.15) is 47.8 Å². The van der Waals surface area contributed by atoms with Gasteiger partial charge in [-0.3, -0.25) is 4.79 Å². The van der Waals surface area contributed by atoms with Crippen molar-refractivity contribution in [3.05, 3.63) is 89.6 Å². The van der Waals surface area contributed by atoms with E-state index in [4.69, 9.17) is 9.15 Å². The maximum absolute atomic E-state index is 14.0. The fraction of sp³-hybridized carbons (Fsp3) is 0.355. The summed E-state index contributed by atoms with van der Waals surface area (Å²) < 4.78 is 39.6. The molecule has 2 atom stereocenters. The molecule has 1 aliphatic heterocycles. The number of nitrogens with one attached hydrogen (secondary N) is 2. The highest BCUT2D eigenvalue weighted by molar-refractivity contribution is 5.98. The molecule has 0 aliphatic carbocycles. The van der Waals surface area contributed by atoms with Crippen LogP contribution in [0.2, 0.25) is 0 Å². The van der Waals surface area contributed by atoms with Crippen molar-refractivity contribution in [2.75, 3.05) is 24.6 Å². The van der Waals surface area contributed by atoms with Crippen molar-refractivity contribution in [1.82, 2.24) is 15.3 Å². The molecule has 2 unspecified atom stereocenters. The van der Waals surface area contributed by atoms with Crippen LogP contribution in [0.5, 0.6) is 5.75 Å². The highest BCUT2D eigenvalue weighted by atomic mass is 19.1.